The topological polar surface area (TPSA) is 101 Å². The summed E-state index contributed by atoms with van der Waals surface area (Å²) in [6.07, 6.45) is -0.513. The Morgan fingerprint density at radius 2 is 2.37 bits per heavy atom. The fourth-order valence-electron chi connectivity index (χ4n) is 2.04. The van der Waals surface area contributed by atoms with Gasteiger partial charge in [0.25, 0.3) is 11.7 Å². The van der Waals surface area contributed by atoms with Crippen molar-refractivity contribution in [1.29, 1.82) is 0 Å². The molecule has 0 spiro atoms. The Bertz CT molecular complexity index is 436. The summed E-state index contributed by atoms with van der Waals surface area (Å²) in [4.78, 5) is 17.3. The Hall–Kier alpha value is -1.51. The molecule has 1 aliphatic rings. The van der Waals surface area contributed by atoms with Gasteiger partial charge in [0.1, 0.15) is 0 Å². The van der Waals surface area contributed by atoms with Crippen LogP contribution < -0.4 is 5.32 Å². The summed E-state index contributed by atoms with van der Waals surface area (Å²) in [6.45, 7) is 3.88. The number of carbonyl (C=O) groups is 1. The Morgan fingerprint density at radius 3 is 2.95 bits per heavy atom. The monoisotopic (exact) mass is 270 g/mol. The number of aromatic nitrogens is 2. The van der Waals surface area contributed by atoms with Gasteiger partial charge in [-0.25, -0.2) is 0 Å². The van der Waals surface area contributed by atoms with Crippen molar-refractivity contribution in [2.45, 2.75) is 25.6 Å². The van der Waals surface area contributed by atoms with Crippen molar-refractivity contribution in [2.24, 2.45) is 0 Å². The lowest BCUT2D eigenvalue weighted by Gasteiger charge is -2.26. The van der Waals surface area contributed by atoms with E-state index in [2.05, 4.69) is 15.5 Å². The van der Waals surface area contributed by atoms with E-state index in [1.165, 1.54) is 7.05 Å². The van der Waals surface area contributed by atoms with Crippen LogP contribution >= 0.6 is 0 Å². The zero-order valence-corrected chi connectivity index (χ0v) is 11.0. The zero-order valence-electron chi connectivity index (χ0n) is 11.0. The Labute approximate surface area is 110 Å². The second kappa shape index (κ2) is 6.09. The fraction of sp³-hybridized carbons (Fsp3) is 0.727. The quantitative estimate of drug-likeness (QED) is 0.708. The van der Waals surface area contributed by atoms with E-state index < -0.39 is 6.10 Å². The van der Waals surface area contributed by atoms with Crippen LogP contribution in [0.3, 0.4) is 0 Å². The molecular formula is C11H18N4O4. The van der Waals surface area contributed by atoms with Crippen LogP contribution in [-0.2, 0) is 11.3 Å². The van der Waals surface area contributed by atoms with E-state index >= 15 is 0 Å². The lowest BCUT2D eigenvalue weighted by Crippen LogP contribution is -2.42. The van der Waals surface area contributed by atoms with Gasteiger partial charge in [0.2, 0.25) is 5.89 Å². The van der Waals surface area contributed by atoms with Crippen LogP contribution in [0.1, 0.15) is 23.4 Å². The van der Waals surface area contributed by atoms with Gasteiger partial charge >= 0.3 is 0 Å². The number of ether oxygens (including phenoxy) is 1. The highest BCUT2D eigenvalue weighted by molar-refractivity contribution is 5.89. The molecule has 0 bridgehead atoms. The Morgan fingerprint density at radius 1 is 1.58 bits per heavy atom. The molecule has 0 unspecified atom stereocenters. The molecule has 8 heteroatoms. The predicted octanol–water partition coefficient (Wildman–Crippen LogP) is -0.989. The molecule has 0 saturated carbocycles. The highest BCUT2D eigenvalue weighted by atomic mass is 16.5. The summed E-state index contributed by atoms with van der Waals surface area (Å²) in [7, 11) is 1.50. The van der Waals surface area contributed by atoms with E-state index in [0.717, 1.165) is 0 Å². The van der Waals surface area contributed by atoms with E-state index in [-0.39, 0.29) is 17.8 Å². The number of nitrogens with one attached hydrogen (secondary N) is 1. The zero-order chi connectivity index (χ0) is 13.8. The van der Waals surface area contributed by atoms with Crippen LogP contribution in [0.25, 0.3) is 0 Å². The molecule has 0 aromatic carbocycles. The van der Waals surface area contributed by atoms with E-state index in [4.69, 9.17) is 9.26 Å². The van der Waals surface area contributed by atoms with E-state index in [9.17, 15) is 9.90 Å². The van der Waals surface area contributed by atoms with Crippen molar-refractivity contribution < 1.29 is 19.2 Å². The van der Waals surface area contributed by atoms with E-state index in [1.54, 1.807) is 0 Å². The number of hydrogen-bond donors (Lipinski definition) is 2. The minimum absolute atomic E-state index is 0.0109. The van der Waals surface area contributed by atoms with Crippen molar-refractivity contribution in [3.8, 4) is 0 Å². The summed E-state index contributed by atoms with van der Waals surface area (Å²) >= 11 is 0. The van der Waals surface area contributed by atoms with Crippen molar-refractivity contribution in [3.05, 3.63) is 11.7 Å². The second-order valence-corrected chi connectivity index (χ2v) is 4.33. The van der Waals surface area contributed by atoms with Crippen LogP contribution in [0.2, 0.25) is 0 Å². The largest absolute Gasteiger partial charge is 0.389 e. The van der Waals surface area contributed by atoms with Gasteiger partial charge in [-0.05, 0) is 6.54 Å². The first-order valence-corrected chi connectivity index (χ1v) is 6.20. The number of rotatable bonds is 5. The van der Waals surface area contributed by atoms with Gasteiger partial charge in [-0.3, -0.25) is 9.69 Å². The first-order valence-electron chi connectivity index (χ1n) is 6.20. The number of amides is 1. The molecule has 8 nitrogen and oxygen atoms in total. The maximum absolute atomic E-state index is 11.3. The average Bonchev–Trinajstić information content (AvgIpc) is 3.04. The number of likely N-dealkylation sites (N-methyl/N-ethyl adjacent to an activating group) is 1. The third-order valence-electron chi connectivity index (χ3n) is 3.13. The van der Waals surface area contributed by atoms with E-state index in [1.807, 2.05) is 11.8 Å². The van der Waals surface area contributed by atoms with Crippen LogP contribution in [0, 0.1) is 0 Å². The highest BCUT2D eigenvalue weighted by Gasteiger charge is 2.31. The summed E-state index contributed by atoms with van der Waals surface area (Å²) < 4.78 is 10.3. The normalized spacial score (nSPS) is 22.9. The maximum Gasteiger partial charge on any atom is 0.292 e. The molecule has 19 heavy (non-hydrogen) atoms. The smallest absolute Gasteiger partial charge is 0.292 e. The lowest BCUT2D eigenvalue weighted by atomic mass is 10.2. The van der Waals surface area contributed by atoms with Crippen LogP contribution in [-0.4, -0.2) is 65.0 Å². The fourth-order valence-corrected chi connectivity index (χ4v) is 2.04. The van der Waals surface area contributed by atoms with Gasteiger partial charge in [0.05, 0.1) is 31.9 Å². The number of aliphatic hydroxyl groups is 1. The molecule has 2 rings (SSSR count). The molecule has 2 heterocycles. The van der Waals surface area contributed by atoms with Crippen LogP contribution in [0.5, 0.6) is 0 Å². The first-order chi connectivity index (χ1) is 9.15. The summed E-state index contributed by atoms with van der Waals surface area (Å²) in [5.74, 6) is -0.0291. The minimum Gasteiger partial charge on any atom is -0.389 e. The van der Waals surface area contributed by atoms with Gasteiger partial charge in [-0.15, -0.1) is 0 Å². The molecule has 2 atom stereocenters. The van der Waals surface area contributed by atoms with Crippen molar-refractivity contribution in [1.82, 2.24) is 20.4 Å². The Kier molecular flexibility index (Phi) is 4.46. The number of hydrogen-bond acceptors (Lipinski definition) is 7. The SMILES string of the molecule is CCN(Cc1nc(C(=O)NC)no1)[C@@H]1COC[C@H]1O. The summed E-state index contributed by atoms with van der Waals surface area (Å²) in [6, 6.07) is -0.0830. The predicted molar refractivity (Wildman–Crippen MR) is 64.4 cm³/mol. The van der Waals surface area contributed by atoms with Crippen LogP contribution in [0.15, 0.2) is 4.52 Å². The maximum atomic E-state index is 11.3. The number of aliphatic hydroxyl groups excluding tert-OH is 1. The highest BCUT2D eigenvalue weighted by Crippen LogP contribution is 2.15. The first kappa shape index (κ1) is 13.9. The minimum atomic E-state index is -0.513. The molecular weight excluding hydrogens is 252 g/mol. The number of carbonyl (C=O) groups excluding carboxylic acids is 1. The van der Waals surface area contributed by atoms with Gasteiger partial charge in [-0.2, -0.15) is 4.98 Å². The molecule has 0 aliphatic carbocycles. The van der Waals surface area contributed by atoms with Gasteiger partial charge in [0.15, 0.2) is 0 Å². The standard InChI is InChI=1S/C11H18N4O4/c1-3-15(7-5-18-6-8(7)16)4-9-13-10(14-19-9)11(17)12-2/h7-8,16H,3-6H2,1-2H3,(H,12,17)/t7-,8-/m1/s1. The van der Waals surface area contributed by atoms with Gasteiger partial charge in [0, 0.05) is 7.05 Å². The van der Waals surface area contributed by atoms with Crippen molar-refractivity contribution >= 4 is 5.91 Å². The molecule has 1 aromatic rings. The van der Waals surface area contributed by atoms with Crippen molar-refractivity contribution in [2.75, 3.05) is 26.8 Å². The van der Waals surface area contributed by atoms with Gasteiger partial charge in [-0.1, -0.05) is 12.1 Å². The number of nitrogens with zero attached hydrogens (tertiary/aromatic N) is 3. The molecule has 1 aliphatic heterocycles. The molecule has 106 valence electrons. The summed E-state index contributed by atoms with van der Waals surface area (Å²) in [5, 5.41) is 15.8. The second-order valence-electron chi connectivity index (χ2n) is 4.33. The van der Waals surface area contributed by atoms with E-state index in [0.29, 0.717) is 32.2 Å². The molecule has 1 aromatic heterocycles. The molecule has 0 radical (unpaired) electrons. The average molecular weight is 270 g/mol. The van der Waals surface area contributed by atoms with Gasteiger partial charge < -0.3 is 19.7 Å². The van der Waals surface area contributed by atoms with Crippen LogP contribution in [0.4, 0.5) is 0 Å². The molecule has 2 N–H and O–H groups in total. The Balaban J connectivity index is 2.02. The van der Waals surface area contributed by atoms with Crippen molar-refractivity contribution in [3.63, 3.8) is 0 Å². The molecule has 1 amide bonds. The molecule has 1 saturated heterocycles. The summed E-state index contributed by atoms with van der Waals surface area (Å²) in [5.41, 5.74) is 0. The third-order valence-corrected chi connectivity index (χ3v) is 3.13. The third kappa shape index (κ3) is 3.09. The molecule has 1 fully saturated rings. The lowest BCUT2D eigenvalue weighted by molar-refractivity contribution is 0.0744.